The fourth-order valence-corrected chi connectivity index (χ4v) is 6.35. The molecule has 1 atom stereocenters. The number of rotatable bonds is 13. The summed E-state index contributed by atoms with van der Waals surface area (Å²) in [6.45, 7) is 5.00. The van der Waals surface area contributed by atoms with Crippen molar-refractivity contribution in [2.24, 2.45) is 0 Å². The Labute approximate surface area is 272 Å². The molecule has 0 unspecified atom stereocenters. The molecular formula is C37H45N3O6. The third kappa shape index (κ3) is 7.70. The van der Waals surface area contributed by atoms with Gasteiger partial charge in [0.15, 0.2) is 0 Å². The Kier molecular flexibility index (Phi) is 11.7. The van der Waals surface area contributed by atoms with Crippen molar-refractivity contribution in [1.82, 2.24) is 14.7 Å². The monoisotopic (exact) mass is 627 g/mol. The van der Waals surface area contributed by atoms with Crippen LogP contribution in [-0.2, 0) is 25.6 Å². The summed E-state index contributed by atoms with van der Waals surface area (Å²) in [6, 6.07) is 24.9. The van der Waals surface area contributed by atoms with Crippen LogP contribution in [0.2, 0.25) is 0 Å². The van der Waals surface area contributed by atoms with Crippen LogP contribution in [0.25, 0.3) is 11.1 Å². The van der Waals surface area contributed by atoms with Gasteiger partial charge in [0.25, 0.3) is 0 Å². The molecule has 3 amide bonds. The first-order valence-electron chi connectivity index (χ1n) is 16.4. The highest BCUT2D eigenvalue weighted by molar-refractivity contribution is 5.88. The zero-order valence-electron chi connectivity index (χ0n) is 26.9. The number of methoxy groups -OCH3 is 1. The van der Waals surface area contributed by atoms with Crippen LogP contribution in [-0.4, -0.2) is 85.3 Å². The lowest BCUT2D eigenvalue weighted by Gasteiger charge is -2.40. The molecular weight excluding hydrogens is 582 g/mol. The number of nitrogens with zero attached hydrogens (tertiary/aromatic N) is 3. The van der Waals surface area contributed by atoms with E-state index in [0.29, 0.717) is 58.8 Å². The van der Waals surface area contributed by atoms with E-state index >= 15 is 0 Å². The van der Waals surface area contributed by atoms with Crippen LogP contribution in [0.3, 0.4) is 0 Å². The van der Waals surface area contributed by atoms with Crippen molar-refractivity contribution in [3.8, 4) is 11.1 Å². The number of benzene rings is 3. The molecule has 3 aromatic rings. The number of hydrogen-bond acceptors (Lipinski definition) is 6. The molecule has 2 aliphatic rings. The Balaban J connectivity index is 1.35. The number of carbonyl (C=O) groups excluding carboxylic acids is 3. The Morgan fingerprint density at radius 1 is 0.783 bits per heavy atom. The molecule has 5 rings (SSSR count). The summed E-state index contributed by atoms with van der Waals surface area (Å²) in [7, 11) is 1.37. The highest BCUT2D eigenvalue weighted by atomic mass is 16.6. The lowest BCUT2D eigenvalue weighted by atomic mass is 9.98. The fourth-order valence-electron chi connectivity index (χ4n) is 6.35. The predicted molar refractivity (Wildman–Crippen MR) is 176 cm³/mol. The van der Waals surface area contributed by atoms with Crippen molar-refractivity contribution in [1.29, 1.82) is 0 Å². The van der Waals surface area contributed by atoms with Crippen LogP contribution in [0, 0.1) is 0 Å². The Bertz CT molecular complexity index is 1410. The minimum Gasteiger partial charge on any atom is -0.453 e. The summed E-state index contributed by atoms with van der Waals surface area (Å²) in [5.41, 5.74) is 5.15. The van der Waals surface area contributed by atoms with Gasteiger partial charge in [-0.1, -0.05) is 92.2 Å². The molecule has 46 heavy (non-hydrogen) atoms. The molecule has 9 heteroatoms. The van der Waals surface area contributed by atoms with Crippen molar-refractivity contribution < 1.29 is 28.6 Å². The Morgan fingerprint density at radius 3 is 2.02 bits per heavy atom. The minimum atomic E-state index is -0.770. The van der Waals surface area contributed by atoms with Gasteiger partial charge in [-0.25, -0.2) is 9.59 Å². The van der Waals surface area contributed by atoms with E-state index in [0.717, 1.165) is 47.1 Å². The third-order valence-corrected chi connectivity index (χ3v) is 8.79. The molecule has 0 spiro atoms. The van der Waals surface area contributed by atoms with Crippen LogP contribution in [0.4, 0.5) is 9.59 Å². The van der Waals surface area contributed by atoms with Gasteiger partial charge < -0.3 is 24.0 Å². The van der Waals surface area contributed by atoms with Crippen LogP contribution >= 0.6 is 0 Å². The first-order valence-corrected chi connectivity index (χ1v) is 16.4. The van der Waals surface area contributed by atoms with Crippen LogP contribution in [0.5, 0.6) is 0 Å². The average molecular weight is 628 g/mol. The number of hydrogen-bond donors (Lipinski definition) is 0. The normalized spacial score (nSPS) is 14.7. The summed E-state index contributed by atoms with van der Waals surface area (Å²) in [6.07, 6.45) is 2.74. The van der Waals surface area contributed by atoms with Gasteiger partial charge in [0.05, 0.1) is 26.4 Å². The molecule has 0 aromatic heterocycles. The standard InChI is InChI=1S/C37H45N3O6/c1-3-4-26-46-36(42)39-23-21-38(22-24-39)35(41)33(20-12-13-25-45-27-28-14-6-5-7-15-28)40(37(43)44-2)34-31-18-10-8-16-29(31)30-17-9-11-19-32(30)34/h5-11,14-19,33-34H,3-4,12-13,20-27H2,1-2H3/t33-/m0/s1. The van der Waals surface area contributed by atoms with Gasteiger partial charge in [-0.15, -0.1) is 0 Å². The van der Waals surface area contributed by atoms with E-state index in [1.54, 1.807) is 14.7 Å². The molecule has 1 fully saturated rings. The van der Waals surface area contributed by atoms with Crippen LogP contribution < -0.4 is 0 Å². The van der Waals surface area contributed by atoms with Gasteiger partial charge in [-0.2, -0.15) is 0 Å². The minimum absolute atomic E-state index is 0.142. The molecule has 1 aliphatic heterocycles. The molecule has 3 aromatic carbocycles. The SMILES string of the molecule is CCCCOC(=O)N1CCN(C(=O)[C@H](CCCCOCc2ccccc2)N(C(=O)OC)C2c3ccccc3-c3ccccc32)CC1. The van der Waals surface area contributed by atoms with Gasteiger partial charge >= 0.3 is 12.2 Å². The smallest absolute Gasteiger partial charge is 0.410 e. The van der Waals surface area contributed by atoms with Crippen molar-refractivity contribution in [3.05, 3.63) is 95.6 Å². The number of fused-ring (bicyclic) bond motifs is 3. The average Bonchev–Trinajstić information content (AvgIpc) is 3.43. The van der Waals surface area contributed by atoms with Gasteiger partial charge in [-0.3, -0.25) is 9.69 Å². The summed E-state index contributed by atoms with van der Waals surface area (Å²) >= 11 is 0. The second-order valence-corrected chi connectivity index (χ2v) is 11.8. The molecule has 0 bridgehead atoms. The molecule has 0 N–H and O–H groups in total. The molecule has 1 aliphatic carbocycles. The summed E-state index contributed by atoms with van der Waals surface area (Å²) in [5.74, 6) is -0.142. The zero-order chi connectivity index (χ0) is 32.3. The van der Waals surface area contributed by atoms with Gasteiger partial charge in [0.2, 0.25) is 5.91 Å². The van der Waals surface area contributed by atoms with Crippen molar-refractivity contribution in [2.75, 3.05) is 46.5 Å². The van der Waals surface area contributed by atoms with Crippen molar-refractivity contribution >= 4 is 18.1 Å². The van der Waals surface area contributed by atoms with Crippen molar-refractivity contribution in [3.63, 3.8) is 0 Å². The molecule has 1 heterocycles. The second-order valence-electron chi connectivity index (χ2n) is 11.8. The van der Waals surface area contributed by atoms with Crippen LogP contribution in [0.1, 0.15) is 61.8 Å². The quantitative estimate of drug-likeness (QED) is 0.197. The zero-order valence-corrected chi connectivity index (χ0v) is 26.9. The summed E-state index contributed by atoms with van der Waals surface area (Å²) < 4.78 is 16.7. The molecule has 244 valence electrons. The number of piperazine rings is 1. The number of unbranched alkanes of at least 4 members (excludes halogenated alkanes) is 2. The number of ether oxygens (including phenoxy) is 3. The van der Waals surface area contributed by atoms with E-state index < -0.39 is 18.2 Å². The summed E-state index contributed by atoms with van der Waals surface area (Å²) in [5, 5.41) is 0. The maximum absolute atomic E-state index is 14.4. The highest BCUT2D eigenvalue weighted by Gasteiger charge is 2.43. The van der Waals surface area contributed by atoms with Crippen LogP contribution in [0.15, 0.2) is 78.9 Å². The van der Waals surface area contributed by atoms with E-state index in [1.165, 1.54) is 7.11 Å². The number of carbonyl (C=O) groups is 3. The highest BCUT2D eigenvalue weighted by Crippen LogP contribution is 2.47. The topological polar surface area (TPSA) is 88.6 Å². The predicted octanol–water partition coefficient (Wildman–Crippen LogP) is 6.66. The molecule has 0 radical (unpaired) electrons. The van der Waals surface area contributed by atoms with Gasteiger partial charge in [0.1, 0.15) is 6.04 Å². The molecule has 9 nitrogen and oxygen atoms in total. The first-order chi connectivity index (χ1) is 22.5. The van der Waals surface area contributed by atoms with E-state index in [-0.39, 0.29) is 12.0 Å². The van der Waals surface area contributed by atoms with Gasteiger partial charge in [0, 0.05) is 32.8 Å². The van der Waals surface area contributed by atoms with E-state index in [2.05, 4.69) is 12.1 Å². The number of amides is 3. The first kappa shape index (κ1) is 33.0. The Hall–Kier alpha value is -4.37. The maximum Gasteiger partial charge on any atom is 0.410 e. The van der Waals surface area contributed by atoms with E-state index in [9.17, 15) is 14.4 Å². The second kappa shape index (κ2) is 16.3. The molecule has 0 saturated carbocycles. The van der Waals surface area contributed by atoms with E-state index in [4.69, 9.17) is 14.2 Å². The molecule has 1 saturated heterocycles. The van der Waals surface area contributed by atoms with E-state index in [1.807, 2.05) is 73.7 Å². The largest absolute Gasteiger partial charge is 0.453 e. The van der Waals surface area contributed by atoms with Crippen molar-refractivity contribution in [2.45, 2.75) is 57.7 Å². The fraction of sp³-hybridized carbons (Fsp3) is 0.432. The van der Waals surface area contributed by atoms with Gasteiger partial charge in [-0.05, 0) is 53.5 Å². The third-order valence-electron chi connectivity index (χ3n) is 8.79. The lowest BCUT2D eigenvalue weighted by molar-refractivity contribution is -0.139. The maximum atomic E-state index is 14.4. The Morgan fingerprint density at radius 2 is 1.39 bits per heavy atom. The summed E-state index contributed by atoms with van der Waals surface area (Å²) in [4.78, 5) is 45.8. The lowest BCUT2D eigenvalue weighted by Crippen LogP contribution is -2.57.